The zero-order chi connectivity index (χ0) is 7.02. The summed E-state index contributed by atoms with van der Waals surface area (Å²) in [6, 6.07) is 0.696. The standard InChI is InChI=1S/C6H15N2Si/c1-5-6(2)8(4)9-7(5)3/h5H,9H2,1-4H3/q+1. The molecule has 1 unspecified atom stereocenters. The van der Waals surface area contributed by atoms with Gasteiger partial charge < -0.3 is 4.24 Å². The second kappa shape index (κ2) is 2.23. The molecule has 0 saturated heterocycles. The molecule has 0 saturated carbocycles. The van der Waals surface area contributed by atoms with E-state index in [1.807, 2.05) is 0 Å². The van der Waals surface area contributed by atoms with Crippen molar-refractivity contribution >= 4 is 15.6 Å². The van der Waals surface area contributed by atoms with Gasteiger partial charge in [0.2, 0.25) is 0 Å². The fourth-order valence-electron chi connectivity index (χ4n) is 1.21. The van der Waals surface area contributed by atoms with E-state index in [9.17, 15) is 0 Å². The minimum Gasteiger partial charge on any atom is -0.305 e. The summed E-state index contributed by atoms with van der Waals surface area (Å²) in [5, 5.41) is 0. The van der Waals surface area contributed by atoms with Crippen LogP contribution in [0.15, 0.2) is 0 Å². The van der Waals surface area contributed by atoms with E-state index in [2.05, 4.69) is 36.7 Å². The predicted molar refractivity (Wildman–Crippen MR) is 42.6 cm³/mol. The van der Waals surface area contributed by atoms with Crippen LogP contribution in [0.3, 0.4) is 0 Å². The van der Waals surface area contributed by atoms with Crippen molar-refractivity contribution in [2.45, 2.75) is 19.9 Å². The van der Waals surface area contributed by atoms with Gasteiger partial charge in [-0.25, -0.2) is 0 Å². The summed E-state index contributed by atoms with van der Waals surface area (Å²) >= 11 is 0. The van der Waals surface area contributed by atoms with Crippen molar-refractivity contribution < 1.29 is 4.24 Å². The van der Waals surface area contributed by atoms with Gasteiger partial charge in [-0.1, -0.05) is 0 Å². The molecule has 0 fully saturated rings. The summed E-state index contributed by atoms with van der Waals surface area (Å²) in [5.74, 6) is 0. The molecule has 0 aromatic rings. The molecule has 0 aromatic carbocycles. The maximum absolute atomic E-state index is 2.47. The van der Waals surface area contributed by atoms with Crippen molar-refractivity contribution in [3.05, 3.63) is 0 Å². The third kappa shape index (κ3) is 1.07. The van der Waals surface area contributed by atoms with Gasteiger partial charge in [0.25, 0.3) is 0 Å². The normalized spacial score (nSPS) is 32.7. The second-order valence-corrected chi connectivity index (χ2v) is 5.14. The van der Waals surface area contributed by atoms with E-state index in [0.717, 1.165) is 0 Å². The zero-order valence-corrected chi connectivity index (χ0v) is 8.09. The monoisotopic (exact) mass is 143 g/mol. The van der Waals surface area contributed by atoms with Crippen LogP contribution in [0.1, 0.15) is 13.8 Å². The third-order valence-electron chi connectivity index (χ3n) is 2.30. The first-order valence-corrected chi connectivity index (χ1v) is 4.64. The van der Waals surface area contributed by atoms with Crippen molar-refractivity contribution in [3.63, 3.8) is 0 Å². The van der Waals surface area contributed by atoms with Crippen molar-refractivity contribution in [3.8, 4) is 0 Å². The summed E-state index contributed by atoms with van der Waals surface area (Å²) in [7, 11) is 4.33. The van der Waals surface area contributed by atoms with Gasteiger partial charge in [0, 0.05) is 6.92 Å². The van der Waals surface area contributed by atoms with Gasteiger partial charge >= 0.3 is 9.84 Å². The van der Waals surface area contributed by atoms with Gasteiger partial charge in [0.1, 0.15) is 12.8 Å². The van der Waals surface area contributed by atoms with E-state index in [4.69, 9.17) is 0 Å². The number of rotatable bonds is 0. The number of hydrogen-bond acceptors (Lipinski definition) is 1. The summed E-state index contributed by atoms with van der Waals surface area (Å²) in [4.78, 5) is 0. The maximum atomic E-state index is 2.47. The highest BCUT2D eigenvalue weighted by Crippen LogP contribution is 2.02. The molecule has 0 aliphatic carbocycles. The fourth-order valence-corrected chi connectivity index (χ4v) is 2.87. The highest BCUT2D eigenvalue weighted by atomic mass is 28.2. The summed E-state index contributed by atoms with van der Waals surface area (Å²) in [6.07, 6.45) is 0. The van der Waals surface area contributed by atoms with Crippen LogP contribution < -0.4 is 0 Å². The Morgan fingerprint density at radius 2 is 2.22 bits per heavy atom. The number of nitrogens with zero attached hydrogens (tertiary/aromatic N) is 2. The minimum absolute atomic E-state index is 0.0733. The molecular weight excluding hydrogens is 128 g/mol. The molecule has 0 aromatic heterocycles. The average molecular weight is 143 g/mol. The topological polar surface area (TPSA) is 6.25 Å². The molecule has 1 atom stereocenters. The number of hydrogen-bond donors (Lipinski definition) is 0. The molecular formula is C6H15N2Si+. The Bertz CT molecular complexity index is 153. The Hall–Kier alpha value is -0.153. The van der Waals surface area contributed by atoms with Crippen LogP contribution in [0.4, 0.5) is 0 Å². The van der Waals surface area contributed by atoms with Crippen LogP contribution in [0, 0.1) is 0 Å². The minimum atomic E-state index is -0.0733. The Labute approximate surface area is 59.2 Å². The first-order valence-electron chi connectivity index (χ1n) is 3.37. The predicted octanol–water partition coefficient (Wildman–Crippen LogP) is -0.578. The van der Waals surface area contributed by atoms with Crippen LogP contribution in [0.5, 0.6) is 0 Å². The van der Waals surface area contributed by atoms with Crippen LogP contribution in [-0.2, 0) is 0 Å². The Morgan fingerprint density at radius 1 is 1.67 bits per heavy atom. The van der Waals surface area contributed by atoms with Crippen LogP contribution >= 0.6 is 0 Å². The van der Waals surface area contributed by atoms with Gasteiger partial charge in [-0.2, -0.15) is 0 Å². The fraction of sp³-hybridized carbons (Fsp3) is 0.833. The Morgan fingerprint density at radius 3 is 2.33 bits per heavy atom. The third-order valence-corrected chi connectivity index (χ3v) is 4.22. The van der Waals surface area contributed by atoms with E-state index in [-0.39, 0.29) is 9.84 Å². The molecule has 0 spiro atoms. The van der Waals surface area contributed by atoms with E-state index in [0.29, 0.717) is 6.04 Å². The molecule has 0 bridgehead atoms. The first-order chi connectivity index (χ1) is 4.13. The molecule has 0 N–H and O–H groups in total. The smallest absolute Gasteiger partial charge is 0.305 e. The van der Waals surface area contributed by atoms with Crippen molar-refractivity contribution in [1.82, 2.24) is 4.57 Å². The van der Waals surface area contributed by atoms with E-state index < -0.39 is 0 Å². The summed E-state index contributed by atoms with van der Waals surface area (Å²) in [6.45, 7) is 4.49. The molecule has 0 radical (unpaired) electrons. The molecule has 1 rings (SSSR count). The zero-order valence-electron chi connectivity index (χ0n) is 6.68. The van der Waals surface area contributed by atoms with Crippen LogP contribution in [0.2, 0.25) is 0 Å². The van der Waals surface area contributed by atoms with E-state index in [1.54, 1.807) is 0 Å². The van der Waals surface area contributed by atoms with Crippen LogP contribution in [0.25, 0.3) is 0 Å². The Kier molecular flexibility index (Phi) is 1.72. The van der Waals surface area contributed by atoms with Gasteiger partial charge in [-0.3, -0.25) is 4.57 Å². The first kappa shape index (κ1) is 6.96. The molecule has 9 heavy (non-hydrogen) atoms. The molecule has 1 aliphatic heterocycles. The van der Waals surface area contributed by atoms with Gasteiger partial charge in [-0.05, 0) is 14.0 Å². The quantitative estimate of drug-likeness (QED) is 0.411. The lowest BCUT2D eigenvalue weighted by atomic mass is 10.2. The largest absolute Gasteiger partial charge is 0.412 e. The lowest BCUT2D eigenvalue weighted by Gasteiger charge is -2.07. The lowest BCUT2D eigenvalue weighted by Crippen LogP contribution is -2.29. The van der Waals surface area contributed by atoms with Crippen molar-refractivity contribution in [2.75, 3.05) is 14.1 Å². The van der Waals surface area contributed by atoms with Gasteiger partial charge in [0.15, 0.2) is 0 Å². The Balaban J connectivity index is 2.74. The molecule has 2 nitrogen and oxygen atoms in total. The molecule has 0 amide bonds. The van der Waals surface area contributed by atoms with Crippen molar-refractivity contribution in [1.29, 1.82) is 0 Å². The van der Waals surface area contributed by atoms with E-state index >= 15 is 0 Å². The van der Waals surface area contributed by atoms with Crippen molar-refractivity contribution in [2.24, 2.45) is 0 Å². The average Bonchev–Trinajstić information content (AvgIpc) is 1.98. The molecule has 3 heteroatoms. The summed E-state index contributed by atoms with van der Waals surface area (Å²) in [5.41, 5.74) is 1.53. The highest BCUT2D eigenvalue weighted by molar-refractivity contribution is 6.26. The highest BCUT2D eigenvalue weighted by Gasteiger charge is 2.28. The summed E-state index contributed by atoms with van der Waals surface area (Å²) < 4.78 is 4.89. The van der Waals surface area contributed by atoms with E-state index in [1.165, 1.54) is 5.71 Å². The lowest BCUT2D eigenvalue weighted by molar-refractivity contribution is -0.343. The maximum Gasteiger partial charge on any atom is 0.412 e. The van der Waals surface area contributed by atoms with Gasteiger partial charge in [-0.15, -0.1) is 0 Å². The molecule has 1 aliphatic rings. The van der Waals surface area contributed by atoms with Gasteiger partial charge in [0.05, 0.1) is 6.04 Å². The second-order valence-electron chi connectivity index (χ2n) is 2.91. The molecule has 1 heterocycles. The SMILES string of the molecule is CC1=[N+](C)[SiH2]N(C)C1C. The van der Waals surface area contributed by atoms with Crippen LogP contribution in [-0.4, -0.2) is 44.5 Å². The molecule has 52 valence electrons.